The number of nitrogens with zero attached hydrogens (tertiary/aromatic N) is 1. The molecular weight excluding hydrogens is 531 g/mol. The Bertz CT molecular complexity index is 775. The van der Waals surface area contributed by atoms with Crippen molar-refractivity contribution in [3.63, 3.8) is 0 Å². The number of rotatable bonds is 7. The van der Waals surface area contributed by atoms with Crippen molar-refractivity contribution in [1.82, 2.24) is 10.6 Å². The lowest BCUT2D eigenvalue weighted by molar-refractivity contribution is -0.124. The molecule has 0 aliphatic carbocycles. The number of guanidine groups is 1. The highest BCUT2D eigenvalue weighted by Gasteiger charge is 2.35. The van der Waals surface area contributed by atoms with Gasteiger partial charge in [0, 0.05) is 37.9 Å². The number of carbonyl (C=O) groups is 1. The lowest BCUT2D eigenvalue weighted by Gasteiger charge is -2.40. The topological polar surface area (TPSA) is 84.0 Å². The molecule has 2 heterocycles. The molecule has 2 fully saturated rings. The van der Waals surface area contributed by atoms with E-state index in [9.17, 15) is 4.79 Å². The lowest BCUT2D eigenvalue weighted by Crippen LogP contribution is -2.47. The Morgan fingerprint density at radius 2 is 1.88 bits per heavy atom. The van der Waals surface area contributed by atoms with Crippen LogP contribution in [-0.2, 0) is 20.8 Å². The van der Waals surface area contributed by atoms with Gasteiger partial charge in [0.1, 0.15) is 6.10 Å². The normalized spacial score (nSPS) is 23.5. The van der Waals surface area contributed by atoms with Crippen molar-refractivity contribution < 1.29 is 14.3 Å². The number of benzene rings is 1. The fourth-order valence-corrected chi connectivity index (χ4v) is 4.50. The second-order valence-corrected chi connectivity index (χ2v) is 9.83. The van der Waals surface area contributed by atoms with Gasteiger partial charge in [-0.25, -0.2) is 4.99 Å². The number of nitrogens with one attached hydrogen (secondary N) is 3. The highest BCUT2D eigenvalue weighted by molar-refractivity contribution is 14.0. The first kappa shape index (κ1) is 27.9. The zero-order chi connectivity index (χ0) is 23.0. The SMILES string of the molecule is CCNC(=NCc1cccc(NC(=O)C2CCCO2)c1)NCC1CCCOC1C(C)(C)C.I. The largest absolute Gasteiger partial charge is 0.377 e. The van der Waals surface area contributed by atoms with Gasteiger partial charge < -0.3 is 25.4 Å². The molecule has 2 aliphatic heterocycles. The van der Waals surface area contributed by atoms with Crippen LogP contribution in [0.5, 0.6) is 0 Å². The number of carbonyl (C=O) groups excluding carboxylic acids is 1. The summed E-state index contributed by atoms with van der Waals surface area (Å²) in [5.41, 5.74) is 1.95. The van der Waals surface area contributed by atoms with Gasteiger partial charge >= 0.3 is 0 Å². The Morgan fingerprint density at radius 1 is 1.12 bits per heavy atom. The Balaban J connectivity index is 0.00000385. The van der Waals surface area contributed by atoms with E-state index in [4.69, 9.17) is 14.5 Å². The Morgan fingerprint density at radius 3 is 2.58 bits per heavy atom. The Kier molecular flexibility index (Phi) is 11.4. The first-order valence-corrected chi connectivity index (χ1v) is 12.0. The number of halogens is 1. The van der Waals surface area contributed by atoms with E-state index in [0.29, 0.717) is 19.1 Å². The monoisotopic (exact) mass is 572 g/mol. The van der Waals surface area contributed by atoms with Crippen LogP contribution in [0.3, 0.4) is 0 Å². The summed E-state index contributed by atoms with van der Waals surface area (Å²) < 4.78 is 11.6. The summed E-state index contributed by atoms with van der Waals surface area (Å²) in [6, 6.07) is 7.85. The summed E-state index contributed by atoms with van der Waals surface area (Å²) in [7, 11) is 0. The minimum absolute atomic E-state index is 0. The van der Waals surface area contributed by atoms with Crippen LogP contribution in [-0.4, -0.2) is 50.4 Å². The molecule has 3 unspecified atom stereocenters. The van der Waals surface area contributed by atoms with E-state index in [-0.39, 0.29) is 47.5 Å². The van der Waals surface area contributed by atoms with E-state index in [1.165, 1.54) is 6.42 Å². The first-order valence-electron chi connectivity index (χ1n) is 12.0. The molecule has 0 radical (unpaired) electrons. The van der Waals surface area contributed by atoms with E-state index >= 15 is 0 Å². The van der Waals surface area contributed by atoms with Crippen LogP contribution < -0.4 is 16.0 Å². The van der Waals surface area contributed by atoms with Gasteiger partial charge in [0.05, 0.1) is 12.6 Å². The smallest absolute Gasteiger partial charge is 0.253 e. The third-order valence-corrected chi connectivity index (χ3v) is 6.01. The molecule has 3 rings (SSSR count). The van der Waals surface area contributed by atoms with Gasteiger partial charge in [0.2, 0.25) is 0 Å². The van der Waals surface area contributed by atoms with E-state index in [2.05, 4.69) is 43.6 Å². The minimum atomic E-state index is -0.332. The first-order chi connectivity index (χ1) is 15.4. The number of anilines is 1. The van der Waals surface area contributed by atoms with E-state index < -0.39 is 0 Å². The summed E-state index contributed by atoms with van der Waals surface area (Å²) in [5, 5.41) is 9.83. The van der Waals surface area contributed by atoms with Crippen molar-refractivity contribution in [1.29, 1.82) is 0 Å². The van der Waals surface area contributed by atoms with Crippen LogP contribution in [0, 0.1) is 11.3 Å². The molecule has 0 bridgehead atoms. The van der Waals surface area contributed by atoms with Crippen LogP contribution in [0.2, 0.25) is 0 Å². The molecule has 2 saturated heterocycles. The minimum Gasteiger partial charge on any atom is -0.377 e. The summed E-state index contributed by atoms with van der Waals surface area (Å²) in [6.45, 7) is 12.5. The average molecular weight is 573 g/mol. The molecule has 1 aromatic rings. The van der Waals surface area contributed by atoms with Crippen LogP contribution in [0.25, 0.3) is 0 Å². The molecule has 3 N–H and O–H groups in total. The van der Waals surface area contributed by atoms with E-state index in [0.717, 1.165) is 56.2 Å². The van der Waals surface area contributed by atoms with Crippen LogP contribution in [0.4, 0.5) is 5.69 Å². The van der Waals surface area contributed by atoms with E-state index in [1.54, 1.807) is 0 Å². The van der Waals surface area contributed by atoms with E-state index in [1.807, 2.05) is 24.3 Å². The van der Waals surface area contributed by atoms with Crippen molar-refractivity contribution in [2.75, 3.05) is 31.6 Å². The maximum atomic E-state index is 12.3. The number of ether oxygens (including phenoxy) is 2. The standard InChI is InChI=1S/C25H40N4O3.HI/c1-5-26-24(28-17-19-10-7-14-32-22(19)25(2,3)4)27-16-18-9-6-11-20(15-18)29-23(30)21-12-8-13-31-21;/h6,9,11,15,19,21-22H,5,7-8,10,12-14,16-17H2,1-4H3,(H,29,30)(H2,26,27,28);1H. The average Bonchev–Trinajstić information content (AvgIpc) is 3.31. The van der Waals surface area contributed by atoms with Gasteiger partial charge in [-0.3, -0.25) is 4.79 Å². The van der Waals surface area contributed by atoms with Gasteiger partial charge in [-0.15, -0.1) is 24.0 Å². The third kappa shape index (κ3) is 8.72. The predicted molar refractivity (Wildman–Crippen MR) is 144 cm³/mol. The second kappa shape index (κ2) is 13.5. The molecule has 8 heteroatoms. The Labute approximate surface area is 215 Å². The van der Waals surface area contributed by atoms with Crippen LogP contribution in [0.1, 0.15) is 58.9 Å². The summed E-state index contributed by atoms with van der Waals surface area (Å²) >= 11 is 0. The molecule has 1 amide bonds. The summed E-state index contributed by atoms with van der Waals surface area (Å²) in [4.78, 5) is 17.1. The zero-order valence-electron chi connectivity index (χ0n) is 20.5. The number of hydrogen-bond donors (Lipinski definition) is 3. The quantitative estimate of drug-likeness (QED) is 0.258. The molecular formula is C25H41IN4O3. The van der Waals surface area contributed by atoms with Crippen molar-refractivity contribution >= 4 is 41.5 Å². The Hall–Kier alpha value is -1.39. The molecule has 186 valence electrons. The van der Waals surface area contributed by atoms with Crippen molar-refractivity contribution in [3.8, 4) is 0 Å². The highest BCUT2D eigenvalue weighted by atomic mass is 127. The van der Waals surface area contributed by atoms with Crippen molar-refractivity contribution in [2.45, 2.75) is 72.1 Å². The fourth-order valence-electron chi connectivity index (χ4n) is 4.50. The van der Waals surface area contributed by atoms with Gasteiger partial charge in [0.25, 0.3) is 5.91 Å². The zero-order valence-corrected chi connectivity index (χ0v) is 22.8. The van der Waals surface area contributed by atoms with Gasteiger partial charge in [-0.2, -0.15) is 0 Å². The molecule has 7 nitrogen and oxygen atoms in total. The third-order valence-electron chi connectivity index (χ3n) is 6.01. The van der Waals surface area contributed by atoms with Gasteiger partial charge in [-0.1, -0.05) is 32.9 Å². The number of aliphatic imine (C=N–C) groups is 1. The van der Waals surface area contributed by atoms with Crippen molar-refractivity contribution in [3.05, 3.63) is 29.8 Å². The van der Waals surface area contributed by atoms with Gasteiger partial charge in [0.15, 0.2) is 5.96 Å². The van der Waals surface area contributed by atoms with Crippen molar-refractivity contribution in [2.24, 2.45) is 16.3 Å². The fraction of sp³-hybridized carbons (Fsp3) is 0.680. The van der Waals surface area contributed by atoms with Crippen LogP contribution in [0.15, 0.2) is 29.3 Å². The molecule has 3 atom stereocenters. The maximum Gasteiger partial charge on any atom is 0.253 e. The maximum absolute atomic E-state index is 12.3. The number of amides is 1. The van der Waals surface area contributed by atoms with Crippen LogP contribution >= 0.6 is 24.0 Å². The molecule has 0 spiro atoms. The molecule has 33 heavy (non-hydrogen) atoms. The molecule has 0 aromatic heterocycles. The number of hydrogen-bond acceptors (Lipinski definition) is 4. The van der Waals surface area contributed by atoms with Gasteiger partial charge in [-0.05, 0) is 55.7 Å². The summed E-state index contributed by atoms with van der Waals surface area (Å²) in [6.07, 6.45) is 3.92. The summed E-state index contributed by atoms with van der Waals surface area (Å²) in [5.74, 6) is 1.20. The highest BCUT2D eigenvalue weighted by Crippen LogP contribution is 2.33. The molecule has 2 aliphatic rings. The molecule has 0 saturated carbocycles. The second-order valence-electron chi connectivity index (χ2n) is 9.83. The predicted octanol–water partition coefficient (Wildman–Crippen LogP) is 4.32. The molecule has 1 aromatic carbocycles. The lowest BCUT2D eigenvalue weighted by atomic mass is 9.78.